The quantitative estimate of drug-likeness (QED) is 0.579. The summed E-state index contributed by atoms with van der Waals surface area (Å²) in [6.45, 7) is -0.371. The van der Waals surface area contributed by atoms with Crippen LogP contribution in [0.15, 0.2) is 53.0 Å². The Hall–Kier alpha value is -2.04. The third kappa shape index (κ3) is 2.90. The van der Waals surface area contributed by atoms with Crippen LogP contribution in [0.3, 0.4) is 0 Å². The predicted molar refractivity (Wildman–Crippen MR) is 88.9 cm³/mol. The highest BCUT2D eigenvalue weighted by atomic mass is 32.2. The highest BCUT2D eigenvalue weighted by molar-refractivity contribution is 7.99. The minimum atomic E-state index is -1.16. The number of aromatic nitrogens is 4. The third-order valence-electron chi connectivity index (χ3n) is 4.10. The van der Waals surface area contributed by atoms with Gasteiger partial charge in [-0.2, -0.15) is 0 Å². The van der Waals surface area contributed by atoms with Gasteiger partial charge in [-0.25, -0.2) is 15.0 Å². The normalized spacial score (nSPS) is 26.4. The standard InChI is InChI=1S/C16H16N4O4S/c21-7-10-12(22)13(23)16(24-10)20-6-4-9-14(20)18-8-19-15(9)25-11-3-1-2-5-17-11/h1-6,8,10,12-13,16,21-23H,7H2/t10-,12-,13-,16-/m1/s1. The van der Waals surface area contributed by atoms with Crippen molar-refractivity contribution in [3.8, 4) is 0 Å². The van der Waals surface area contributed by atoms with E-state index in [-0.39, 0.29) is 6.61 Å². The van der Waals surface area contributed by atoms with E-state index in [1.165, 1.54) is 18.1 Å². The summed E-state index contributed by atoms with van der Waals surface area (Å²) in [5, 5.41) is 31.8. The van der Waals surface area contributed by atoms with Crippen LogP contribution >= 0.6 is 11.8 Å². The van der Waals surface area contributed by atoms with Crippen molar-refractivity contribution in [2.75, 3.05) is 6.61 Å². The second kappa shape index (κ2) is 6.70. The molecule has 1 aliphatic rings. The Morgan fingerprint density at radius 1 is 1.12 bits per heavy atom. The second-order valence-corrected chi connectivity index (χ2v) is 6.65. The lowest BCUT2D eigenvalue weighted by Gasteiger charge is -2.17. The Morgan fingerprint density at radius 2 is 2.00 bits per heavy atom. The van der Waals surface area contributed by atoms with Crippen LogP contribution in [0.4, 0.5) is 0 Å². The first-order valence-corrected chi connectivity index (χ1v) is 8.53. The van der Waals surface area contributed by atoms with Gasteiger partial charge in [0.15, 0.2) is 6.23 Å². The zero-order chi connectivity index (χ0) is 17.4. The van der Waals surface area contributed by atoms with Crippen molar-refractivity contribution in [3.63, 3.8) is 0 Å². The van der Waals surface area contributed by atoms with Crippen LogP contribution in [0, 0.1) is 0 Å². The van der Waals surface area contributed by atoms with Crippen LogP contribution in [0.2, 0.25) is 0 Å². The SMILES string of the molecule is OC[C@H]1O[C@@H](n2ccc3c(Sc4ccccn4)ncnc32)[C@H](O)[C@@H]1O. The summed E-state index contributed by atoms with van der Waals surface area (Å²) in [5.41, 5.74) is 0.572. The van der Waals surface area contributed by atoms with E-state index in [0.717, 1.165) is 15.4 Å². The van der Waals surface area contributed by atoms with Crippen LogP contribution in [0.1, 0.15) is 6.23 Å². The van der Waals surface area contributed by atoms with Crippen molar-refractivity contribution >= 4 is 22.8 Å². The summed E-state index contributed by atoms with van der Waals surface area (Å²) < 4.78 is 7.22. The summed E-state index contributed by atoms with van der Waals surface area (Å²) in [6, 6.07) is 7.47. The Kier molecular flexibility index (Phi) is 4.40. The molecule has 130 valence electrons. The van der Waals surface area contributed by atoms with Crippen LogP contribution < -0.4 is 0 Å². The first-order chi connectivity index (χ1) is 12.2. The Labute approximate surface area is 147 Å². The van der Waals surface area contributed by atoms with Gasteiger partial charge in [-0.1, -0.05) is 6.07 Å². The zero-order valence-electron chi connectivity index (χ0n) is 13.0. The van der Waals surface area contributed by atoms with Gasteiger partial charge in [-0.3, -0.25) is 0 Å². The molecule has 25 heavy (non-hydrogen) atoms. The minimum absolute atomic E-state index is 0.371. The molecule has 1 aliphatic heterocycles. The lowest BCUT2D eigenvalue weighted by Crippen LogP contribution is -2.33. The fourth-order valence-corrected chi connectivity index (χ4v) is 3.68. The van der Waals surface area contributed by atoms with Gasteiger partial charge in [0, 0.05) is 12.4 Å². The highest BCUT2D eigenvalue weighted by Gasteiger charge is 2.43. The van der Waals surface area contributed by atoms with Gasteiger partial charge in [0.2, 0.25) is 0 Å². The molecular weight excluding hydrogens is 344 g/mol. The largest absolute Gasteiger partial charge is 0.394 e. The van der Waals surface area contributed by atoms with Gasteiger partial charge in [-0.15, -0.1) is 0 Å². The molecule has 0 spiro atoms. The molecule has 9 heteroatoms. The molecule has 3 aromatic heterocycles. The van der Waals surface area contributed by atoms with Crippen molar-refractivity contribution in [3.05, 3.63) is 43.0 Å². The number of aliphatic hydroxyl groups excluding tert-OH is 3. The maximum atomic E-state index is 10.2. The highest BCUT2D eigenvalue weighted by Crippen LogP contribution is 2.35. The number of nitrogens with zero attached hydrogens (tertiary/aromatic N) is 4. The van der Waals surface area contributed by atoms with E-state index >= 15 is 0 Å². The molecule has 8 nitrogen and oxygen atoms in total. The summed E-state index contributed by atoms with van der Waals surface area (Å²) in [5.74, 6) is 0. The monoisotopic (exact) mass is 360 g/mol. The smallest absolute Gasteiger partial charge is 0.164 e. The second-order valence-electron chi connectivity index (χ2n) is 5.64. The lowest BCUT2D eigenvalue weighted by molar-refractivity contribution is -0.0508. The number of rotatable bonds is 4. The van der Waals surface area contributed by atoms with E-state index < -0.39 is 24.5 Å². The van der Waals surface area contributed by atoms with Crippen LogP contribution in [0.5, 0.6) is 0 Å². The first-order valence-electron chi connectivity index (χ1n) is 7.72. The summed E-state index contributed by atoms with van der Waals surface area (Å²) in [7, 11) is 0. The number of fused-ring (bicyclic) bond motifs is 1. The molecule has 4 atom stereocenters. The number of hydrogen-bond acceptors (Lipinski definition) is 8. The molecule has 3 aromatic rings. The van der Waals surface area contributed by atoms with Gasteiger partial charge in [0.25, 0.3) is 0 Å². The molecule has 0 aromatic carbocycles. The maximum absolute atomic E-state index is 10.2. The van der Waals surface area contributed by atoms with Crippen molar-refractivity contribution in [2.45, 2.75) is 34.6 Å². The Morgan fingerprint density at radius 3 is 2.72 bits per heavy atom. The lowest BCUT2D eigenvalue weighted by atomic mass is 10.1. The number of pyridine rings is 1. The fraction of sp³-hybridized carbons (Fsp3) is 0.312. The van der Waals surface area contributed by atoms with Gasteiger partial charge in [0.1, 0.15) is 40.3 Å². The van der Waals surface area contributed by atoms with Crippen molar-refractivity contribution in [2.24, 2.45) is 0 Å². The maximum Gasteiger partial charge on any atom is 0.164 e. The molecule has 1 fully saturated rings. The number of hydrogen-bond donors (Lipinski definition) is 3. The van der Waals surface area contributed by atoms with E-state index in [1.54, 1.807) is 17.0 Å². The van der Waals surface area contributed by atoms with Crippen molar-refractivity contribution < 1.29 is 20.1 Å². The molecule has 3 N–H and O–H groups in total. The Balaban J connectivity index is 1.70. The third-order valence-corrected chi connectivity index (χ3v) is 5.07. The molecule has 0 bridgehead atoms. The molecule has 4 heterocycles. The van der Waals surface area contributed by atoms with Crippen LogP contribution in [-0.4, -0.2) is 59.8 Å². The zero-order valence-corrected chi connectivity index (χ0v) is 13.8. The van der Waals surface area contributed by atoms with Crippen LogP contribution in [0.25, 0.3) is 11.0 Å². The molecule has 0 saturated carbocycles. The van der Waals surface area contributed by atoms with E-state index in [2.05, 4.69) is 15.0 Å². The first kappa shape index (κ1) is 16.4. The average molecular weight is 360 g/mol. The summed E-state index contributed by atoms with van der Waals surface area (Å²) in [6.07, 6.45) is 0.902. The summed E-state index contributed by atoms with van der Waals surface area (Å²) >= 11 is 1.41. The molecule has 4 rings (SSSR count). The molecule has 0 aliphatic carbocycles. The van der Waals surface area contributed by atoms with E-state index in [0.29, 0.717) is 5.65 Å². The molecule has 1 saturated heterocycles. The predicted octanol–water partition coefficient (Wildman–Crippen LogP) is 0.589. The average Bonchev–Trinajstić information content (AvgIpc) is 3.18. The number of ether oxygens (including phenoxy) is 1. The minimum Gasteiger partial charge on any atom is -0.394 e. The van der Waals surface area contributed by atoms with E-state index in [1.807, 2.05) is 24.3 Å². The topological polar surface area (TPSA) is 114 Å². The van der Waals surface area contributed by atoms with Crippen molar-refractivity contribution in [1.29, 1.82) is 0 Å². The summed E-state index contributed by atoms with van der Waals surface area (Å²) in [4.78, 5) is 12.9. The molecule has 0 unspecified atom stereocenters. The molecular formula is C16H16N4O4S. The fourth-order valence-electron chi connectivity index (χ4n) is 2.85. The van der Waals surface area contributed by atoms with Gasteiger partial charge in [-0.05, 0) is 30.0 Å². The van der Waals surface area contributed by atoms with Gasteiger partial charge >= 0.3 is 0 Å². The van der Waals surface area contributed by atoms with Gasteiger partial charge < -0.3 is 24.6 Å². The van der Waals surface area contributed by atoms with Crippen molar-refractivity contribution in [1.82, 2.24) is 19.5 Å². The Bertz CT molecular complexity index is 875. The molecule has 0 radical (unpaired) electrons. The van der Waals surface area contributed by atoms with E-state index in [9.17, 15) is 15.3 Å². The van der Waals surface area contributed by atoms with E-state index in [4.69, 9.17) is 4.74 Å². The molecule has 0 amide bonds. The van der Waals surface area contributed by atoms with Gasteiger partial charge in [0.05, 0.1) is 12.0 Å². The van der Waals surface area contributed by atoms with Crippen LogP contribution in [-0.2, 0) is 4.74 Å². The number of aliphatic hydroxyl groups is 3.